The van der Waals surface area contributed by atoms with Crippen molar-refractivity contribution in [2.75, 3.05) is 5.32 Å². The number of amides is 1. The third-order valence-electron chi connectivity index (χ3n) is 2.72. The first kappa shape index (κ1) is 12.6. The summed E-state index contributed by atoms with van der Waals surface area (Å²) in [6.45, 7) is 3.82. The standard InChI is InChI=1S/C14H13ClN2O/c1-9-5-3-6-10(2)12(9)14(18)17-11-7-4-8-16-13(11)15/h3-8H,1-2H3,(H,17,18). The molecule has 18 heavy (non-hydrogen) atoms. The Labute approximate surface area is 111 Å². The average molecular weight is 261 g/mol. The van der Waals surface area contributed by atoms with Crippen molar-refractivity contribution >= 4 is 23.2 Å². The van der Waals surface area contributed by atoms with Gasteiger partial charge in [0.25, 0.3) is 5.91 Å². The highest BCUT2D eigenvalue weighted by Gasteiger charge is 2.13. The maximum atomic E-state index is 12.2. The Kier molecular flexibility index (Phi) is 3.63. The number of aryl methyl sites for hydroxylation is 2. The molecule has 0 unspecified atom stereocenters. The lowest BCUT2D eigenvalue weighted by Crippen LogP contribution is -2.15. The molecule has 2 aromatic rings. The van der Waals surface area contributed by atoms with Gasteiger partial charge in [-0.1, -0.05) is 29.8 Å². The number of nitrogens with zero attached hydrogens (tertiary/aromatic N) is 1. The molecule has 1 N–H and O–H groups in total. The molecule has 0 fully saturated rings. The maximum absolute atomic E-state index is 12.2. The molecule has 0 spiro atoms. The van der Waals surface area contributed by atoms with Crippen molar-refractivity contribution in [3.63, 3.8) is 0 Å². The normalized spacial score (nSPS) is 10.2. The summed E-state index contributed by atoms with van der Waals surface area (Å²) in [6.07, 6.45) is 1.58. The molecule has 0 aliphatic rings. The number of carbonyl (C=O) groups excluding carboxylic acids is 1. The molecular formula is C14H13ClN2O. The van der Waals surface area contributed by atoms with E-state index in [-0.39, 0.29) is 11.1 Å². The molecule has 1 heterocycles. The molecular weight excluding hydrogens is 248 g/mol. The number of pyridine rings is 1. The summed E-state index contributed by atoms with van der Waals surface area (Å²) in [5.41, 5.74) is 3.07. The second-order valence-electron chi connectivity index (χ2n) is 4.06. The van der Waals surface area contributed by atoms with Crippen molar-refractivity contribution in [3.05, 3.63) is 58.4 Å². The lowest BCUT2D eigenvalue weighted by atomic mass is 10.0. The Morgan fingerprint density at radius 1 is 1.17 bits per heavy atom. The van der Waals surface area contributed by atoms with E-state index in [4.69, 9.17) is 11.6 Å². The van der Waals surface area contributed by atoms with E-state index in [1.54, 1.807) is 18.3 Å². The van der Waals surface area contributed by atoms with E-state index < -0.39 is 0 Å². The van der Waals surface area contributed by atoms with Crippen LogP contribution in [0.5, 0.6) is 0 Å². The summed E-state index contributed by atoms with van der Waals surface area (Å²) < 4.78 is 0. The molecule has 1 amide bonds. The summed E-state index contributed by atoms with van der Waals surface area (Å²) in [5.74, 6) is -0.166. The van der Waals surface area contributed by atoms with Crippen molar-refractivity contribution in [3.8, 4) is 0 Å². The van der Waals surface area contributed by atoms with E-state index in [0.29, 0.717) is 11.3 Å². The fraction of sp³-hybridized carbons (Fsp3) is 0.143. The number of nitrogens with one attached hydrogen (secondary N) is 1. The number of carbonyl (C=O) groups is 1. The second-order valence-corrected chi connectivity index (χ2v) is 4.42. The van der Waals surface area contributed by atoms with Crippen LogP contribution in [0.2, 0.25) is 5.15 Å². The molecule has 0 saturated heterocycles. The van der Waals surface area contributed by atoms with E-state index >= 15 is 0 Å². The van der Waals surface area contributed by atoms with Gasteiger partial charge in [0, 0.05) is 11.8 Å². The van der Waals surface area contributed by atoms with Crippen LogP contribution in [0.1, 0.15) is 21.5 Å². The van der Waals surface area contributed by atoms with Crippen LogP contribution in [0.3, 0.4) is 0 Å². The summed E-state index contributed by atoms with van der Waals surface area (Å²) in [5, 5.41) is 3.06. The minimum atomic E-state index is -0.166. The molecule has 0 saturated carbocycles. The quantitative estimate of drug-likeness (QED) is 0.839. The molecule has 4 heteroatoms. The van der Waals surface area contributed by atoms with Crippen molar-refractivity contribution in [2.45, 2.75) is 13.8 Å². The minimum absolute atomic E-state index is 0.166. The zero-order chi connectivity index (χ0) is 13.1. The first-order valence-electron chi connectivity index (χ1n) is 5.57. The van der Waals surface area contributed by atoms with E-state index in [1.807, 2.05) is 32.0 Å². The number of benzene rings is 1. The fourth-order valence-electron chi connectivity index (χ4n) is 1.84. The van der Waals surface area contributed by atoms with Crippen molar-refractivity contribution in [1.29, 1.82) is 0 Å². The van der Waals surface area contributed by atoms with E-state index in [9.17, 15) is 4.79 Å². The highest BCUT2D eigenvalue weighted by Crippen LogP contribution is 2.20. The molecule has 2 rings (SSSR count). The summed E-state index contributed by atoms with van der Waals surface area (Å²) >= 11 is 5.91. The molecule has 0 bridgehead atoms. The number of hydrogen-bond acceptors (Lipinski definition) is 2. The number of halogens is 1. The van der Waals surface area contributed by atoms with Gasteiger partial charge in [0.15, 0.2) is 5.15 Å². The van der Waals surface area contributed by atoms with Gasteiger partial charge < -0.3 is 5.32 Å². The van der Waals surface area contributed by atoms with E-state index in [0.717, 1.165) is 11.1 Å². The Morgan fingerprint density at radius 2 is 1.83 bits per heavy atom. The van der Waals surface area contributed by atoms with Crippen LogP contribution in [0.25, 0.3) is 0 Å². The molecule has 1 aromatic heterocycles. The highest BCUT2D eigenvalue weighted by atomic mass is 35.5. The molecule has 3 nitrogen and oxygen atoms in total. The number of rotatable bonds is 2. The van der Waals surface area contributed by atoms with E-state index in [1.165, 1.54) is 0 Å². The molecule has 0 aliphatic carbocycles. The number of aromatic nitrogens is 1. The van der Waals surface area contributed by atoms with Crippen LogP contribution in [-0.2, 0) is 0 Å². The molecule has 0 atom stereocenters. The number of hydrogen-bond donors (Lipinski definition) is 1. The van der Waals surface area contributed by atoms with Gasteiger partial charge in [-0.15, -0.1) is 0 Å². The monoisotopic (exact) mass is 260 g/mol. The highest BCUT2D eigenvalue weighted by molar-refractivity contribution is 6.32. The largest absolute Gasteiger partial charge is 0.319 e. The SMILES string of the molecule is Cc1cccc(C)c1C(=O)Nc1cccnc1Cl. The Hall–Kier alpha value is -1.87. The smallest absolute Gasteiger partial charge is 0.256 e. The molecule has 0 radical (unpaired) electrons. The fourth-order valence-corrected chi connectivity index (χ4v) is 2.00. The molecule has 1 aromatic carbocycles. The first-order valence-corrected chi connectivity index (χ1v) is 5.95. The van der Waals surface area contributed by atoms with Gasteiger partial charge in [-0.05, 0) is 37.1 Å². The Balaban J connectivity index is 2.31. The van der Waals surface area contributed by atoms with Crippen LogP contribution in [0.15, 0.2) is 36.5 Å². The van der Waals surface area contributed by atoms with Gasteiger partial charge in [-0.3, -0.25) is 4.79 Å². The average Bonchev–Trinajstić information content (AvgIpc) is 2.32. The van der Waals surface area contributed by atoms with Gasteiger partial charge in [0.2, 0.25) is 0 Å². The first-order chi connectivity index (χ1) is 8.59. The minimum Gasteiger partial charge on any atom is -0.319 e. The van der Waals surface area contributed by atoms with Crippen LogP contribution < -0.4 is 5.32 Å². The number of anilines is 1. The van der Waals surface area contributed by atoms with Crippen LogP contribution in [0.4, 0.5) is 5.69 Å². The van der Waals surface area contributed by atoms with E-state index in [2.05, 4.69) is 10.3 Å². The lowest BCUT2D eigenvalue weighted by molar-refractivity contribution is 0.102. The summed E-state index contributed by atoms with van der Waals surface area (Å²) in [7, 11) is 0. The third kappa shape index (κ3) is 2.51. The predicted octanol–water partition coefficient (Wildman–Crippen LogP) is 3.60. The molecule has 0 aliphatic heterocycles. The van der Waals surface area contributed by atoms with Crippen molar-refractivity contribution in [2.24, 2.45) is 0 Å². The van der Waals surface area contributed by atoms with Crippen LogP contribution in [0, 0.1) is 13.8 Å². The van der Waals surface area contributed by atoms with Gasteiger partial charge in [0.1, 0.15) is 0 Å². The topological polar surface area (TPSA) is 42.0 Å². The zero-order valence-corrected chi connectivity index (χ0v) is 11.0. The maximum Gasteiger partial charge on any atom is 0.256 e. The molecule has 92 valence electrons. The van der Waals surface area contributed by atoms with Gasteiger partial charge in [-0.2, -0.15) is 0 Å². The second kappa shape index (κ2) is 5.19. The van der Waals surface area contributed by atoms with Gasteiger partial charge in [-0.25, -0.2) is 4.98 Å². The van der Waals surface area contributed by atoms with Gasteiger partial charge >= 0.3 is 0 Å². The Morgan fingerprint density at radius 3 is 2.44 bits per heavy atom. The Bertz CT molecular complexity index is 576. The third-order valence-corrected chi connectivity index (χ3v) is 3.02. The van der Waals surface area contributed by atoms with Crippen LogP contribution in [-0.4, -0.2) is 10.9 Å². The van der Waals surface area contributed by atoms with Crippen molar-refractivity contribution in [1.82, 2.24) is 4.98 Å². The lowest BCUT2D eigenvalue weighted by Gasteiger charge is -2.10. The summed E-state index contributed by atoms with van der Waals surface area (Å²) in [6, 6.07) is 9.20. The van der Waals surface area contributed by atoms with Gasteiger partial charge in [0.05, 0.1) is 5.69 Å². The predicted molar refractivity (Wildman–Crippen MR) is 73.1 cm³/mol. The van der Waals surface area contributed by atoms with Crippen molar-refractivity contribution < 1.29 is 4.79 Å². The summed E-state index contributed by atoms with van der Waals surface area (Å²) in [4.78, 5) is 16.1. The zero-order valence-electron chi connectivity index (χ0n) is 10.2. The van der Waals surface area contributed by atoms with Crippen LogP contribution >= 0.6 is 11.6 Å².